The molecule has 0 radical (unpaired) electrons. The molecule has 8 heteroatoms. The second-order valence-electron chi connectivity index (χ2n) is 6.92. The van der Waals surface area contributed by atoms with E-state index in [0.29, 0.717) is 46.3 Å². The normalized spacial score (nSPS) is 10.5. The van der Waals surface area contributed by atoms with Gasteiger partial charge in [-0.2, -0.15) is 0 Å². The molecule has 172 valence electrons. The van der Waals surface area contributed by atoms with E-state index in [1.165, 1.54) is 0 Å². The lowest BCUT2D eigenvalue weighted by Crippen LogP contribution is -2.17. The van der Waals surface area contributed by atoms with E-state index in [9.17, 15) is 0 Å². The van der Waals surface area contributed by atoms with Gasteiger partial charge >= 0.3 is 0 Å². The molecule has 0 fully saturated rings. The van der Waals surface area contributed by atoms with Crippen molar-refractivity contribution >= 4 is 63.1 Å². The molecule has 0 aliphatic carbocycles. The minimum absolute atomic E-state index is 0. The van der Waals surface area contributed by atoms with Crippen LogP contribution in [-0.4, -0.2) is 13.2 Å². The number of hydrogen-bond acceptors (Lipinski definition) is 3. The van der Waals surface area contributed by atoms with Crippen LogP contribution in [0.15, 0.2) is 59.1 Å². The third-order valence-corrected chi connectivity index (χ3v) is 6.01. The monoisotopic (exact) mass is 577 g/mol. The smallest absolute Gasteiger partial charge is 0.175 e. The summed E-state index contributed by atoms with van der Waals surface area (Å²) in [6, 6.07) is 17.2. The predicted octanol–water partition coefficient (Wildman–Crippen LogP) is 8.14. The Hall–Kier alpha value is -1.14. The second-order valence-corrected chi connectivity index (χ2v) is 9.05. The van der Waals surface area contributed by atoms with Crippen molar-refractivity contribution in [3.8, 4) is 11.5 Å². The highest BCUT2D eigenvalue weighted by atomic mass is 79.9. The summed E-state index contributed by atoms with van der Waals surface area (Å²) in [5, 5.41) is 5.49. The van der Waals surface area contributed by atoms with Crippen molar-refractivity contribution in [1.29, 1.82) is 0 Å². The Kier molecular flexibility index (Phi) is 11.5. The first-order valence-electron chi connectivity index (χ1n) is 9.93. The SMILES string of the molecule is CCOc1cc(CNCCc2ccc(Cl)cc2Cl)cc(Br)c1OCc1ccc(Cl)cc1.Cl. The second kappa shape index (κ2) is 13.5. The van der Waals surface area contributed by atoms with Gasteiger partial charge in [0.2, 0.25) is 0 Å². The Morgan fingerprint density at radius 2 is 1.59 bits per heavy atom. The van der Waals surface area contributed by atoms with E-state index in [4.69, 9.17) is 44.3 Å². The Morgan fingerprint density at radius 3 is 2.28 bits per heavy atom. The maximum absolute atomic E-state index is 6.25. The van der Waals surface area contributed by atoms with Crippen LogP contribution in [0.4, 0.5) is 0 Å². The highest BCUT2D eigenvalue weighted by Gasteiger charge is 2.13. The molecule has 0 saturated carbocycles. The summed E-state index contributed by atoms with van der Waals surface area (Å²) < 4.78 is 12.7. The van der Waals surface area contributed by atoms with Gasteiger partial charge in [-0.3, -0.25) is 0 Å². The van der Waals surface area contributed by atoms with Crippen LogP contribution < -0.4 is 14.8 Å². The van der Waals surface area contributed by atoms with Crippen molar-refractivity contribution in [2.75, 3.05) is 13.2 Å². The standard InChI is InChI=1S/C24H23BrCl3NO2.ClH/c1-2-30-23-12-17(14-29-10-9-18-5-8-20(27)13-22(18)28)11-21(25)24(23)31-15-16-3-6-19(26)7-4-16;/h3-8,11-13,29H,2,9-10,14-15H2,1H3;1H. The number of nitrogens with one attached hydrogen (secondary N) is 1. The topological polar surface area (TPSA) is 30.5 Å². The van der Waals surface area contributed by atoms with Crippen LogP contribution in [0.1, 0.15) is 23.6 Å². The number of ether oxygens (including phenoxy) is 2. The number of halogens is 5. The zero-order chi connectivity index (χ0) is 22.2. The zero-order valence-corrected chi connectivity index (χ0v) is 22.1. The average molecular weight is 580 g/mol. The largest absolute Gasteiger partial charge is 0.490 e. The van der Waals surface area contributed by atoms with Crippen LogP contribution in [0.2, 0.25) is 15.1 Å². The number of rotatable bonds is 10. The summed E-state index contributed by atoms with van der Waals surface area (Å²) >= 11 is 21.8. The molecular weight excluding hydrogens is 556 g/mol. The molecule has 3 rings (SSSR count). The predicted molar refractivity (Wildman–Crippen MR) is 140 cm³/mol. The van der Waals surface area contributed by atoms with E-state index >= 15 is 0 Å². The number of benzene rings is 3. The van der Waals surface area contributed by atoms with Crippen molar-refractivity contribution in [3.05, 3.63) is 90.8 Å². The third kappa shape index (κ3) is 8.02. The van der Waals surface area contributed by atoms with Gasteiger partial charge < -0.3 is 14.8 Å². The Morgan fingerprint density at radius 1 is 0.875 bits per heavy atom. The molecule has 0 amide bonds. The third-order valence-electron chi connectivity index (χ3n) is 4.58. The fraction of sp³-hybridized carbons (Fsp3) is 0.250. The molecule has 0 spiro atoms. The molecule has 3 aromatic carbocycles. The zero-order valence-electron chi connectivity index (χ0n) is 17.5. The molecule has 3 nitrogen and oxygen atoms in total. The molecule has 0 saturated heterocycles. The van der Waals surface area contributed by atoms with Gasteiger partial charge in [-0.1, -0.05) is 53.0 Å². The summed E-state index contributed by atoms with van der Waals surface area (Å²) in [6.45, 7) is 4.42. The lowest BCUT2D eigenvalue weighted by Gasteiger charge is -2.16. The van der Waals surface area contributed by atoms with Gasteiger partial charge in [0.1, 0.15) is 6.61 Å². The van der Waals surface area contributed by atoms with Crippen molar-refractivity contribution in [1.82, 2.24) is 5.32 Å². The summed E-state index contributed by atoms with van der Waals surface area (Å²) in [4.78, 5) is 0. The first-order valence-corrected chi connectivity index (χ1v) is 11.9. The van der Waals surface area contributed by atoms with Crippen molar-refractivity contribution < 1.29 is 9.47 Å². The van der Waals surface area contributed by atoms with E-state index in [-0.39, 0.29) is 12.4 Å². The lowest BCUT2D eigenvalue weighted by atomic mass is 10.1. The molecular formula is C24H24BrCl4NO2. The maximum atomic E-state index is 6.25. The Bertz CT molecular complexity index is 1020. The highest BCUT2D eigenvalue weighted by Crippen LogP contribution is 2.37. The van der Waals surface area contributed by atoms with E-state index in [1.807, 2.05) is 55.5 Å². The molecule has 32 heavy (non-hydrogen) atoms. The average Bonchev–Trinajstić information content (AvgIpc) is 2.73. The summed E-state index contributed by atoms with van der Waals surface area (Å²) in [7, 11) is 0. The van der Waals surface area contributed by atoms with E-state index in [0.717, 1.165) is 34.1 Å². The molecule has 0 unspecified atom stereocenters. The Balaban J connectivity index is 0.00000363. The fourth-order valence-corrected chi connectivity index (χ4v) is 4.28. The van der Waals surface area contributed by atoms with E-state index < -0.39 is 0 Å². The molecule has 3 aromatic rings. The van der Waals surface area contributed by atoms with Crippen molar-refractivity contribution in [3.63, 3.8) is 0 Å². The van der Waals surface area contributed by atoms with Gasteiger partial charge in [0.25, 0.3) is 0 Å². The quantitative estimate of drug-likeness (QED) is 0.246. The van der Waals surface area contributed by atoms with Crippen molar-refractivity contribution in [2.24, 2.45) is 0 Å². The molecule has 0 aliphatic heterocycles. The summed E-state index contributed by atoms with van der Waals surface area (Å²) in [6.07, 6.45) is 0.817. The van der Waals surface area contributed by atoms with Crippen LogP contribution in [0.3, 0.4) is 0 Å². The molecule has 0 heterocycles. The number of hydrogen-bond donors (Lipinski definition) is 1. The van der Waals surface area contributed by atoms with Crippen LogP contribution in [0.5, 0.6) is 11.5 Å². The molecule has 0 atom stereocenters. The fourth-order valence-electron chi connectivity index (χ4n) is 3.04. The molecule has 0 aliphatic rings. The molecule has 1 N–H and O–H groups in total. The van der Waals surface area contributed by atoms with Gasteiger partial charge in [0, 0.05) is 21.6 Å². The van der Waals surface area contributed by atoms with Crippen LogP contribution in [-0.2, 0) is 19.6 Å². The van der Waals surface area contributed by atoms with Crippen LogP contribution in [0, 0.1) is 0 Å². The maximum Gasteiger partial charge on any atom is 0.175 e. The molecule has 0 aromatic heterocycles. The Labute approximate surface area is 218 Å². The van der Waals surface area contributed by atoms with Crippen molar-refractivity contribution in [2.45, 2.75) is 26.5 Å². The summed E-state index contributed by atoms with van der Waals surface area (Å²) in [5.74, 6) is 1.40. The van der Waals surface area contributed by atoms with Gasteiger partial charge in [-0.15, -0.1) is 12.4 Å². The molecule has 0 bridgehead atoms. The van der Waals surface area contributed by atoms with Gasteiger partial charge in [0.15, 0.2) is 11.5 Å². The summed E-state index contributed by atoms with van der Waals surface area (Å²) in [5.41, 5.74) is 3.20. The van der Waals surface area contributed by atoms with E-state index in [2.05, 4.69) is 21.2 Å². The van der Waals surface area contributed by atoms with Gasteiger partial charge in [-0.05, 0) is 88.9 Å². The van der Waals surface area contributed by atoms with Gasteiger partial charge in [-0.25, -0.2) is 0 Å². The van der Waals surface area contributed by atoms with Crippen LogP contribution >= 0.6 is 63.1 Å². The minimum atomic E-state index is 0. The lowest BCUT2D eigenvalue weighted by molar-refractivity contribution is 0.267. The highest BCUT2D eigenvalue weighted by molar-refractivity contribution is 9.10. The minimum Gasteiger partial charge on any atom is -0.490 e. The first kappa shape index (κ1) is 27.1. The van der Waals surface area contributed by atoms with E-state index in [1.54, 1.807) is 6.07 Å². The first-order chi connectivity index (χ1) is 15.0. The van der Waals surface area contributed by atoms with Crippen LogP contribution in [0.25, 0.3) is 0 Å². The van der Waals surface area contributed by atoms with Gasteiger partial charge in [0.05, 0.1) is 11.1 Å².